The van der Waals surface area contributed by atoms with Crippen LogP contribution in [-0.4, -0.2) is 34.6 Å². The maximum Gasteiger partial charge on any atom is 0.356 e. The normalized spacial score (nSPS) is 12.1. The molecule has 0 bridgehead atoms. The Kier molecular flexibility index (Phi) is 5.11. The van der Waals surface area contributed by atoms with Gasteiger partial charge < -0.3 is 10.4 Å². The Hall–Kier alpha value is -1.23. The molecule has 1 atom stereocenters. The Labute approximate surface area is 99.5 Å². The maximum atomic E-state index is 10.9. The predicted octanol–water partition coefficient (Wildman–Crippen LogP) is 2.19. The molecule has 0 saturated carbocycles. The zero-order valence-electron chi connectivity index (χ0n) is 9.43. The van der Waals surface area contributed by atoms with Crippen LogP contribution in [0, 0.1) is 5.92 Å². The van der Waals surface area contributed by atoms with Crippen molar-refractivity contribution < 1.29 is 9.90 Å². The first-order valence-electron chi connectivity index (χ1n) is 5.06. The topological polar surface area (TPSA) is 62.2 Å². The number of anilines is 1. The minimum absolute atomic E-state index is 0.0823. The number of carboxylic acid groups (broad SMARTS) is 1. The molecule has 0 aliphatic carbocycles. The number of thioether (sulfide) groups is 1. The van der Waals surface area contributed by atoms with E-state index in [9.17, 15) is 4.79 Å². The van der Waals surface area contributed by atoms with Gasteiger partial charge in [0.05, 0.1) is 5.69 Å². The number of aromatic carboxylic acids is 1. The van der Waals surface area contributed by atoms with Crippen molar-refractivity contribution in [1.82, 2.24) is 4.98 Å². The maximum absolute atomic E-state index is 10.9. The SMILES string of the molecule is CSCC(C)CNc1cccnc1C(=O)O. The number of aromatic nitrogens is 1. The van der Waals surface area contributed by atoms with Crippen molar-refractivity contribution in [2.45, 2.75) is 6.92 Å². The zero-order valence-corrected chi connectivity index (χ0v) is 10.3. The van der Waals surface area contributed by atoms with Crippen LogP contribution in [0.3, 0.4) is 0 Å². The first-order chi connectivity index (χ1) is 7.65. The van der Waals surface area contributed by atoms with Crippen molar-refractivity contribution in [3.05, 3.63) is 24.0 Å². The summed E-state index contributed by atoms with van der Waals surface area (Å²) < 4.78 is 0. The molecule has 0 aliphatic rings. The van der Waals surface area contributed by atoms with E-state index < -0.39 is 5.97 Å². The molecule has 0 aromatic carbocycles. The van der Waals surface area contributed by atoms with Gasteiger partial charge in [0.15, 0.2) is 5.69 Å². The van der Waals surface area contributed by atoms with E-state index in [2.05, 4.69) is 23.5 Å². The summed E-state index contributed by atoms with van der Waals surface area (Å²) in [5.41, 5.74) is 0.668. The number of pyridine rings is 1. The smallest absolute Gasteiger partial charge is 0.356 e. The highest BCUT2D eigenvalue weighted by Crippen LogP contribution is 2.13. The van der Waals surface area contributed by atoms with Crippen LogP contribution in [0.4, 0.5) is 5.69 Å². The van der Waals surface area contributed by atoms with Gasteiger partial charge in [-0.3, -0.25) is 0 Å². The highest BCUT2D eigenvalue weighted by molar-refractivity contribution is 7.98. The largest absolute Gasteiger partial charge is 0.476 e. The summed E-state index contributed by atoms with van der Waals surface area (Å²) in [6.07, 6.45) is 3.54. The minimum Gasteiger partial charge on any atom is -0.476 e. The predicted molar refractivity (Wildman–Crippen MR) is 67.2 cm³/mol. The average molecular weight is 240 g/mol. The first-order valence-corrected chi connectivity index (χ1v) is 6.45. The van der Waals surface area contributed by atoms with Crippen LogP contribution in [0.2, 0.25) is 0 Å². The number of nitrogens with one attached hydrogen (secondary N) is 1. The highest BCUT2D eigenvalue weighted by Gasteiger charge is 2.11. The van der Waals surface area contributed by atoms with Crippen LogP contribution in [0.1, 0.15) is 17.4 Å². The number of rotatable bonds is 6. The second-order valence-corrected chi connectivity index (χ2v) is 4.56. The highest BCUT2D eigenvalue weighted by atomic mass is 32.2. The van der Waals surface area contributed by atoms with Crippen LogP contribution < -0.4 is 5.32 Å². The van der Waals surface area contributed by atoms with E-state index in [1.807, 2.05) is 0 Å². The monoisotopic (exact) mass is 240 g/mol. The van der Waals surface area contributed by atoms with Crippen molar-refractivity contribution in [3.63, 3.8) is 0 Å². The fourth-order valence-corrected chi connectivity index (χ4v) is 2.03. The van der Waals surface area contributed by atoms with Crippen molar-refractivity contribution in [2.24, 2.45) is 5.92 Å². The van der Waals surface area contributed by atoms with Gasteiger partial charge >= 0.3 is 5.97 Å². The van der Waals surface area contributed by atoms with Crippen LogP contribution in [-0.2, 0) is 0 Å². The Bertz CT molecular complexity index is 358. The Balaban J connectivity index is 2.63. The number of carboxylic acids is 1. The summed E-state index contributed by atoms with van der Waals surface area (Å²) in [5.74, 6) is 0.549. The quantitative estimate of drug-likeness (QED) is 0.798. The fourth-order valence-electron chi connectivity index (χ4n) is 1.35. The fraction of sp³-hybridized carbons (Fsp3) is 0.455. The summed E-state index contributed by atoms with van der Waals surface area (Å²) in [6.45, 7) is 2.88. The van der Waals surface area contributed by atoms with E-state index in [1.54, 1.807) is 23.9 Å². The lowest BCUT2D eigenvalue weighted by Gasteiger charge is -2.13. The summed E-state index contributed by atoms with van der Waals surface area (Å²) >= 11 is 1.78. The second kappa shape index (κ2) is 6.37. The molecule has 5 heteroatoms. The van der Waals surface area contributed by atoms with Crippen molar-refractivity contribution >= 4 is 23.4 Å². The number of nitrogens with zero attached hydrogens (tertiary/aromatic N) is 1. The van der Waals surface area contributed by atoms with Crippen molar-refractivity contribution in [1.29, 1.82) is 0 Å². The third-order valence-corrected chi connectivity index (χ3v) is 3.00. The van der Waals surface area contributed by atoms with Gasteiger partial charge in [0.25, 0.3) is 0 Å². The lowest BCUT2D eigenvalue weighted by Crippen LogP contribution is -2.16. The Morgan fingerprint density at radius 2 is 2.44 bits per heavy atom. The molecule has 1 rings (SSSR count). The van der Waals surface area contributed by atoms with Crippen molar-refractivity contribution in [2.75, 3.05) is 23.9 Å². The average Bonchev–Trinajstić information content (AvgIpc) is 2.27. The lowest BCUT2D eigenvalue weighted by atomic mass is 10.2. The second-order valence-electron chi connectivity index (χ2n) is 3.65. The molecule has 1 unspecified atom stereocenters. The van der Waals surface area contributed by atoms with Crippen molar-refractivity contribution in [3.8, 4) is 0 Å². The van der Waals surface area contributed by atoms with E-state index in [0.29, 0.717) is 11.6 Å². The zero-order chi connectivity index (χ0) is 12.0. The summed E-state index contributed by atoms with van der Waals surface area (Å²) in [5, 5.41) is 12.1. The van der Waals surface area contributed by atoms with Crippen LogP contribution in [0.25, 0.3) is 0 Å². The van der Waals surface area contributed by atoms with Crippen LogP contribution >= 0.6 is 11.8 Å². The Morgan fingerprint density at radius 3 is 3.06 bits per heavy atom. The van der Waals surface area contributed by atoms with Crippen LogP contribution in [0.5, 0.6) is 0 Å². The van der Waals surface area contributed by atoms with Gasteiger partial charge in [0.1, 0.15) is 0 Å². The Morgan fingerprint density at radius 1 is 1.69 bits per heavy atom. The lowest BCUT2D eigenvalue weighted by molar-refractivity contribution is 0.0691. The molecule has 0 amide bonds. The summed E-state index contributed by atoms with van der Waals surface area (Å²) in [7, 11) is 0. The van der Waals surface area contributed by atoms with E-state index in [1.165, 1.54) is 6.20 Å². The third kappa shape index (κ3) is 3.73. The molecule has 16 heavy (non-hydrogen) atoms. The number of hydrogen-bond acceptors (Lipinski definition) is 4. The van der Waals surface area contributed by atoms with Gasteiger partial charge in [-0.1, -0.05) is 6.92 Å². The molecule has 1 aromatic rings. The van der Waals surface area contributed by atoms with Gasteiger partial charge in [-0.15, -0.1) is 0 Å². The molecule has 0 fully saturated rings. The van der Waals surface area contributed by atoms with E-state index in [-0.39, 0.29) is 5.69 Å². The number of hydrogen-bond donors (Lipinski definition) is 2. The summed E-state index contributed by atoms with van der Waals surface area (Å²) in [4.78, 5) is 14.7. The van der Waals surface area contributed by atoms with E-state index in [0.717, 1.165) is 12.3 Å². The molecule has 0 aliphatic heterocycles. The standard InChI is InChI=1S/C11H16N2O2S/c1-8(7-16-2)6-13-9-4-3-5-12-10(9)11(14)15/h3-5,8,13H,6-7H2,1-2H3,(H,14,15). The van der Waals surface area contributed by atoms with E-state index in [4.69, 9.17) is 5.11 Å². The first kappa shape index (κ1) is 12.8. The molecule has 1 aromatic heterocycles. The molecule has 1 heterocycles. The van der Waals surface area contributed by atoms with Gasteiger partial charge in [-0.05, 0) is 30.1 Å². The molecule has 0 saturated heterocycles. The number of carbonyl (C=O) groups is 1. The molecule has 88 valence electrons. The molecule has 2 N–H and O–H groups in total. The minimum atomic E-state index is -0.999. The molecular formula is C11H16N2O2S. The van der Waals surface area contributed by atoms with Gasteiger partial charge in [-0.25, -0.2) is 9.78 Å². The molecule has 0 radical (unpaired) electrons. The third-order valence-electron chi connectivity index (χ3n) is 2.10. The van der Waals surface area contributed by atoms with Gasteiger partial charge in [0, 0.05) is 12.7 Å². The molecular weight excluding hydrogens is 224 g/mol. The van der Waals surface area contributed by atoms with Crippen LogP contribution in [0.15, 0.2) is 18.3 Å². The molecule has 0 spiro atoms. The molecule has 4 nitrogen and oxygen atoms in total. The summed E-state index contributed by atoms with van der Waals surface area (Å²) in [6, 6.07) is 3.47. The van der Waals surface area contributed by atoms with E-state index >= 15 is 0 Å². The van der Waals surface area contributed by atoms with Gasteiger partial charge in [-0.2, -0.15) is 11.8 Å². The van der Waals surface area contributed by atoms with Gasteiger partial charge in [0.2, 0.25) is 0 Å².